The quantitative estimate of drug-likeness (QED) is 0.556. The molecule has 0 aliphatic rings. The molecule has 2 unspecified atom stereocenters. The zero-order valence-electron chi connectivity index (χ0n) is 14.1. The van der Waals surface area contributed by atoms with Gasteiger partial charge in [0.1, 0.15) is 5.75 Å². The van der Waals surface area contributed by atoms with E-state index in [2.05, 4.69) is 29.4 Å². The number of fused-ring (bicyclic) bond motifs is 1. The van der Waals surface area contributed by atoms with Crippen LogP contribution in [0.25, 0.3) is 10.9 Å². The molecule has 0 radical (unpaired) electrons. The van der Waals surface area contributed by atoms with Crippen LogP contribution in [0.3, 0.4) is 0 Å². The van der Waals surface area contributed by atoms with E-state index in [0.29, 0.717) is 23.0 Å². The van der Waals surface area contributed by atoms with Gasteiger partial charge in [-0.05, 0) is 36.6 Å². The van der Waals surface area contributed by atoms with Crippen LogP contribution in [0.1, 0.15) is 24.2 Å². The molecule has 1 heterocycles. The first-order valence-electron chi connectivity index (χ1n) is 8.35. The van der Waals surface area contributed by atoms with Crippen molar-refractivity contribution in [1.82, 2.24) is 10.3 Å². The summed E-state index contributed by atoms with van der Waals surface area (Å²) in [7, 11) is 0. The van der Waals surface area contributed by atoms with E-state index in [1.165, 1.54) is 17.7 Å². The number of pyridine rings is 1. The summed E-state index contributed by atoms with van der Waals surface area (Å²) in [6, 6.07) is 16.6. The maximum absolute atomic E-state index is 11.5. The SMILES string of the molecule is CC(Cc1ccccc1)NCC(O)c1ccc(O)c2[nH]c(=O)ccc12. The maximum Gasteiger partial charge on any atom is 0.248 e. The monoisotopic (exact) mass is 338 g/mol. The van der Waals surface area contributed by atoms with Gasteiger partial charge in [-0.3, -0.25) is 4.79 Å². The van der Waals surface area contributed by atoms with Gasteiger partial charge in [-0.2, -0.15) is 0 Å². The number of hydrogen-bond acceptors (Lipinski definition) is 4. The highest BCUT2D eigenvalue weighted by Gasteiger charge is 2.15. The first kappa shape index (κ1) is 17.2. The van der Waals surface area contributed by atoms with E-state index in [4.69, 9.17) is 0 Å². The van der Waals surface area contributed by atoms with Gasteiger partial charge in [0.15, 0.2) is 0 Å². The molecule has 25 heavy (non-hydrogen) atoms. The maximum atomic E-state index is 11.5. The Morgan fingerprint density at radius 1 is 1.08 bits per heavy atom. The zero-order valence-corrected chi connectivity index (χ0v) is 14.1. The van der Waals surface area contributed by atoms with E-state index in [1.807, 2.05) is 18.2 Å². The average molecular weight is 338 g/mol. The van der Waals surface area contributed by atoms with Crippen LogP contribution < -0.4 is 10.9 Å². The Hall–Kier alpha value is -2.63. The van der Waals surface area contributed by atoms with Crippen molar-refractivity contribution in [3.63, 3.8) is 0 Å². The molecule has 5 nitrogen and oxygen atoms in total. The molecule has 5 heteroatoms. The second kappa shape index (κ2) is 7.51. The Bertz CT molecular complexity index is 906. The van der Waals surface area contributed by atoms with Crippen molar-refractivity contribution < 1.29 is 10.2 Å². The number of aromatic nitrogens is 1. The van der Waals surface area contributed by atoms with E-state index in [-0.39, 0.29) is 17.4 Å². The van der Waals surface area contributed by atoms with Gasteiger partial charge in [0.05, 0.1) is 11.6 Å². The van der Waals surface area contributed by atoms with E-state index in [0.717, 1.165) is 6.42 Å². The van der Waals surface area contributed by atoms with Crippen molar-refractivity contribution in [1.29, 1.82) is 0 Å². The number of phenols is 1. The molecule has 1 aromatic heterocycles. The van der Waals surface area contributed by atoms with E-state index in [1.54, 1.807) is 12.1 Å². The van der Waals surface area contributed by atoms with Crippen LogP contribution in [0.2, 0.25) is 0 Å². The molecule has 0 amide bonds. The smallest absolute Gasteiger partial charge is 0.248 e. The van der Waals surface area contributed by atoms with Gasteiger partial charge in [0.25, 0.3) is 0 Å². The molecule has 2 atom stereocenters. The number of rotatable bonds is 6. The fourth-order valence-electron chi connectivity index (χ4n) is 3.01. The second-order valence-electron chi connectivity index (χ2n) is 6.30. The highest BCUT2D eigenvalue weighted by Crippen LogP contribution is 2.28. The zero-order chi connectivity index (χ0) is 17.8. The van der Waals surface area contributed by atoms with E-state index in [9.17, 15) is 15.0 Å². The lowest BCUT2D eigenvalue weighted by Crippen LogP contribution is -2.32. The Morgan fingerprint density at radius 3 is 2.60 bits per heavy atom. The highest BCUT2D eigenvalue weighted by molar-refractivity contribution is 5.87. The first-order valence-corrected chi connectivity index (χ1v) is 8.35. The minimum atomic E-state index is -0.743. The normalized spacial score (nSPS) is 13.7. The number of aromatic hydroxyl groups is 1. The van der Waals surface area contributed by atoms with Gasteiger partial charge < -0.3 is 20.5 Å². The van der Waals surface area contributed by atoms with Gasteiger partial charge in [0, 0.05) is 24.0 Å². The van der Waals surface area contributed by atoms with Crippen molar-refractivity contribution in [2.24, 2.45) is 0 Å². The molecular formula is C20H22N2O3. The van der Waals surface area contributed by atoms with Gasteiger partial charge in [0.2, 0.25) is 5.56 Å². The van der Waals surface area contributed by atoms with Crippen LogP contribution in [0, 0.1) is 0 Å². The number of phenolic OH excluding ortho intramolecular Hbond substituents is 1. The predicted molar refractivity (Wildman–Crippen MR) is 98.8 cm³/mol. The Kier molecular flexibility index (Phi) is 5.16. The molecule has 0 aliphatic carbocycles. The summed E-state index contributed by atoms with van der Waals surface area (Å²) in [6.45, 7) is 2.46. The molecule has 130 valence electrons. The Labute approximate surface area is 146 Å². The third-order valence-electron chi connectivity index (χ3n) is 4.31. The lowest BCUT2D eigenvalue weighted by molar-refractivity contribution is 0.172. The van der Waals surface area contributed by atoms with E-state index < -0.39 is 6.10 Å². The van der Waals surface area contributed by atoms with Crippen LogP contribution in [0.5, 0.6) is 5.75 Å². The summed E-state index contributed by atoms with van der Waals surface area (Å²) in [5.74, 6) is -0.00550. The molecule has 0 saturated heterocycles. The largest absolute Gasteiger partial charge is 0.506 e. The average Bonchev–Trinajstić information content (AvgIpc) is 2.61. The van der Waals surface area contributed by atoms with Crippen molar-refractivity contribution >= 4 is 10.9 Å². The summed E-state index contributed by atoms with van der Waals surface area (Å²) < 4.78 is 0. The number of aliphatic hydroxyl groups is 1. The molecule has 4 N–H and O–H groups in total. The van der Waals surface area contributed by atoms with Crippen LogP contribution >= 0.6 is 0 Å². The topological polar surface area (TPSA) is 85.3 Å². The molecule has 0 fully saturated rings. The number of nitrogens with one attached hydrogen (secondary N) is 2. The summed E-state index contributed by atoms with van der Waals surface area (Å²) in [4.78, 5) is 14.1. The van der Waals surface area contributed by atoms with Crippen LogP contribution in [0.15, 0.2) is 59.4 Å². The van der Waals surface area contributed by atoms with Gasteiger partial charge in [-0.1, -0.05) is 36.4 Å². The lowest BCUT2D eigenvalue weighted by Gasteiger charge is -2.19. The van der Waals surface area contributed by atoms with Crippen molar-refractivity contribution in [3.8, 4) is 5.75 Å². The second-order valence-corrected chi connectivity index (χ2v) is 6.30. The third-order valence-corrected chi connectivity index (χ3v) is 4.31. The number of benzene rings is 2. The summed E-state index contributed by atoms with van der Waals surface area (Å²) >= 11 is 0. The summed E-state index contributed by atoms with van der Waals surface area (Å²) in [6.07, 6.45) is 0.129. The lowest BCUT2D eigenvalue weighted by atomic mass is 10.0. The molecule has 0 spiro atoms. The molecule has 0 aliphatic heterocycles. The molecule has 2 aromatic carbocycles. The van der Waals surface area contributed by atoms with Crippen molar-refractivity contribution in [2.75, 3.05) is 6.54 Å². The van der Waals surface area contributed by atoms with Gasteiger partial charge in [-0.15, -0.1) is 0 Å². The third kappa shape index (κ3) is 4.07. The van der Waals surface area contributed by atoms with Gasteiger partial charge in [-0.25, -0.2) is 0 Å². The first-order chi connectivity index (χ1) is 12.0. The van der Waals surface area contributed by atoms with Gasteiger partial charge >= 0.3 is 0 Å². The summed E-state index contributed by atoms with van der Waals surface area (Å²) in [5, 5.41) is 24.5. The molecule has 3 rings (SSSR count). The molecule has 0 saturated carbocycles. The van der Waals surface area contributed by atoms with Crippen molar-refractivity contribution in [3.05, 3.63) is 76.1 Å². The van der Waals surface area contributed by atoms with Crippen LogP contribution in [-0.4, -0.2) is 27.8 Å². The van der Waals surface area contributed by atoms with Crippen LogP contribution in [0.4, 0.5) is 0 Å². The standard InChI is InChI=1S/C20H22N2O3/c1-13(11-14-5-3-2-4-6-14)21-12-18(24)15-7-9-17(23)20-16(15)8-10-19(25)22-20/h2-10,13,18,21,23-24H,11-12H2,1H3,(H,22,25). The number of H-pyrrole nitrogens is 1. The fourth-order valence-corrected chi connectivity index (χ4v) is 3.01. The molecular weight excluding hydrogens is 316 g/mol. The van der Waals surface area contributed by atoms with Crippen LogP contribution in [-0.2, 0) is 6.42 Å². The highest BCUT2D eigenvalue weighted by atomic mass is 16.3. The Morgan fingerprint density at radius 2 is 1.84 bits per heavy atom. The summed E-state index contributed by atoms with van der Waals surface area (Å²) in [5.41, 5.74) is 1.97. The van der Waals surface area contributed by atoms with E-state index >= 15 is 0 Å². The molecule has 0 bridgehead atoms. The molecule has 3 aromatic rings. The minimum absolute atomic E-state index is 0.00550. The predicted octanol–water partition coefficient (Wildman–Crippen LogP) is 2.49. The fraction of sp³-hybridized carbons (Fsp3) is 0.250. The number of hydrogen-bond donors (Lipinski definition) is 4. The Balaban J connectivity index is 1.71. The minimum Gasteiger partial charge on any atom is -0.506 e. The van der Waals surface area contributed by atoms with Crippen molar-refractivity contribution in [2.45, 2.75) is 25.5 Å². The number of aromatic amines is 1. The number of aliphatic hydroxyl groups excluding tert-OH is 1.